The van der Waals surface area contributed by atoms with Crippen molar-refractivity contribution in [1.29, 1.82) is 0 Å². The van der Waals surface area contributed by atoms with Crippen LogP contribution in [0.25, 0.3) is 0 Å². The largest absolute Gasteiger partial charge is 0.454 e. The number of hydrogen-bond acceptors (Lipinski definition) is 5. The fourth-order valence-corrected chi connectivity index (χ4v) is 4.04. The number of carbonyl (C=O) groups is 2. The summed E-state index contributed by atoms with van der Waals surface area (Å²) in [6.07, 6.45) is 1.62. The van der Waals surface area contributed by atoms with Crippen molar-refractivity contribution in [3.05, 3.63) is 58.8 Å². The summed E-state index contributed by atoms with van der Waals surface area (Å²) in [7, 11) is 0. The van der Waals surface area contributed by atoms with Gasteiger partial charge >= 0.3 is 0 Å². The third kappa shape index (κ3) is 5.80. The third-order valence-corrected chi connectivity index (χ3v) is 6.50. The lowest BCUT2D eigenvalue weighted by Crippen LogP contribution is -2.47. The number of amides is 2. The van der Waals surface area contributed by atoms with E-state index in [1.54, 1.807) is 36.2 Å². The van der Waals surface area contributed by atoms with Gasteiger partial charge in [0.25, 0.3) is 0 Å². The van der Waals surface area contributed by atoms with Crippen LogP contribution in [0.3, 0.4) is 0 Å². The molecule has 3 rings (SSSR count). The zero-order valence-electron chi connectivity index (χ0n) is 17.8. The maximum absolute atomic E-state index is 13.3. The van der Waals surface area contributed by atoms with Crippen molar-refractivity contribution in [2.45, 2.75) is 26.9 Å². The number of halogens is 1. The summed E-state index contributed by atoms with van der Waals surface area (Å²) in [5.74, 6) is 1.23. The van der Waals surface area contributed by atoms with Crippen LogP contribution in [0, 0.1) is 5.41 Å². The smallest absolute Gasteiger partial charge is 0.242 e. The van der Waals surface area contributed by atoms with Crippen LogP contribution < -0.4 is 9.47 Å². The van der Waals surface area contributed by atoms with Crippen LogP contribution in [0.4, 0.5) is 0 Å². The molecular weight excluding hydrogens is 436 g/mol. The summed E-state index contributed by atoms with van der Waals surface area (Å²) >= 11 is 7.58. The Bertz CT molecular complexity index is 930. The quantitative estimate of drug-likeness (QED) is 0.390. The molecule has 1 aromatic carbocycles. The van der Waals surface area contributed by atoms with E-state index in [9.17, 15) is 9.59 Å². The maximum atomic E-state index is 13.3. The van der Waals surface area contributed by atoms with Crippen molar-refractivity contribution in [2.24, 2.45) is 5.41 Å². The second-order valence-electron chi connectivity index (χ2n) is 8.01. The second-order valence-corrected chi connectivity index (χ2v) is 9.31. The normalized spacial score (nSPS) is 12.5. The third-order valence-electron chi connectivity index (χ3n) is 4.97. The molecule has 1 aliphatic heterocycles. The van der Waals surface area contributed by atoms with Gasteiger partial charge in [0, 0.05) is 23.8 Å². The first-order valence-corrected chi connectivity index (χ1v) is 11.4. The van der Waals surface area contributed by atoms with Crippen LogP contribution in [0.5, 0.6) is 11.5 Å². The molecule has 2 heterocycles. The maximum Gasteiger partial charge on any atom is 0.242 e. The molecule has 0 fully saturated rings. The van der Waals surface area contributed by atoms with Gasteiger partial charge in [-0.3, -0.25) is 9.59 Å². The molecule has 0 spiro atoms. The lowest BCUT2D eigenvalue weighted by molar-refractivity contribution is -0.145. The lowest BCUT2D eigenvalue weighted by atomic mass is 9.94. The second kappa shape index (κ2) is 10.2. The predicted octanol–water partition coefficient (Wildman–Crippen LogP) is 4.29. The minimum atomic E-state index is -0.763. The highest BCUT2D eigenvalue weighted by atomic mass is 35.5. The Balaban J connectivity index is 1.79. The molecule has 0 radical (unpaired) electrons. The van der Waals surface area contributed by atoms with E-state index in [1.807, 2.05) is 35.7 Å². The molecule has 0 saturated heterocycles. The van der Waals surface area contributed by atoms with Gasteiger partial charge in [-0.15, -0.1) is 29.5 Å². The van der Waals surface area contributed by atoms with Gasteiger partial charge in [0.2, 0.25) is 18.6 Å². The minimum absolute atomic E-state index is 0.0406. The van der Waals surface area contributed by atoms with Crippen LogP contribution in [0.2, 0.25) is 0 Å². The topological polar surface area (TPSA) is 59.1 Å². The van der Waals surface area contributed by atoms with Gasteiger partial charge in [0.05, 0.1) is 12.0 Å². The Labute approximate surface area is 192 Å². The van der Waals surface area contributed by atoms with Crippen molar-refractivity contribution in [2.75, 3.05) is 25.8 Å². The summed E-state index contributed by atoms with van der Waals surface area (Å²) in [5.41, 5.74) is 0.164. The molecule has 6 nitrogen and oxygen atoms in total. The van der Waals surface area contributed by atoms with Gasteiger partial charge < -0.3 is 19.3 Å². The summed E-state index contributed by atoms with van der Waals surface area (Å²) < 4.78 is 10.8. The van der Waals surface area contributed by atoms with Gasteiger partial charge in [0.15, 0.2) is 11.5 Å². The molecule has 0 bridgehead atoms. The van der Waals surface area contributed by atoms with E-state index in [1.165, 1.54) is 4.90 Å². The van der Waals surface area contributed by atoms with Crippen LogP contribution in [-0.4, -0.2) is 47.4 Å². The van der Waals surface area contributed by atoms with E-state index >= 15 is 0 Å². The fraction of sp³-hybridized carbons (Fsp3) is 0.391. The monoisotopic (exact) mass is 462 g/mol. The number of carbonyl (C=O) groups excluding carboxylic acids is 2. The highest BCUT2D eigenvalue weighted by Gasteiger charge is 2.32. The summed E-state index contributed by atoms with van der Waals surface area (Å²) in [5, 5.41) is 1.98. The van der Waals surface area contributed by atoms with Crippen molar-refractivity contribution >= 4 is 34.8 Å². The zero-order valence-corrected chi connectivity index (χ0v) is 19.4. The number of nitrogens with zero attached hydrogens (tertiary/aromatic N) is 2. The summed E-state index contributed by atoms with van der Waals surface area (Å²) in [4.78, 5) is 30.6. The van der Waals surface area contributed by atoms with E-state index in [2.05, 4.69) is 6.58 Å². The molecule has 31 heavy (non-hydrogen) atoms. The predicted molar refractivity (Wildman–Crippen MR) is 122 cm³/mol. The Morgan fingerprint density at radius 3 is 2.65 bits per heavy atom. The first kappa shape index (κ1) is 23.2. The van der Waals surface area contributed by atoms with E-state index in [0.29, 0.717) is 24.6 Å². The molecule has 2 amide bonds. The Hall–Kier alpha value is -2.51. The minimum Gasteiger partial charge on any atom is -0.454 e. The van der Waals surface area contributed by atoms with Crippen LogP contribution in [0.1, 0.15) is 24.3 Å². The molecule has 0 saturated carbocycles. The zero-order chi connectivity index (χ0) is 22.4. The molecule has 2 aromatic rings. The molecule has 8 heteroatoms. The number of fused-ring (bicyclic) bond motifs is 1. The number of rotatable bonds is 10. The number of hydrogen-bond donors (Lipinski definition) is 0. The van der Waals surface area contributed by atoms with Gasteiger partial charge in [-0.05, 0) is 43.0 Å². The van der Waals surface area contributed by atoms with E-state index in [4.69, 9.17) is 21.1 Å². The molecule has 0 aliphatic carbocycles. The summed E-state index contributed by atoms with van der Waals surface area (Å²) in [6, 6.07) is 9.61. The number of thiophene rings is 1. The van der Waals surface area contributed by atoms with Gasteiger partial charge in [-0.1, -0.05) is 18.2 Å². The first-order valence-electron chi connectivity index (χ1n) is 9.99. The van der Waals surface area contributed by atoms with Gasteiger partial charge in [0.1, 0.15) is 6.54 Å². The Morgan fingerprint density at radius 1 is 1.19 bits per heavy atom. The standard InChI is InChI=1S/C23H27ClN2O4S/c1-4-9-25(22(28)23(2,3)15-24)14-21(27)26(13-18-6-5-10-31-18)12-17-7-8-19-20(11-17)30-16-29-19/h4-8,10-11H,1,9,12-16H2,2-3H3. The van der Waals surface area contributed by atoms with E-state index < -0.39 is 5.41 Å². The fourth-order valence-electron chi connectivity index (χ4n) is 3.21. The molecular formula is C23H27ClN2O4S. The Kier molecular flexibility index (Phi) is 7.62. The first-order chi connectivity index (χ1) is 14.8. The molecule has 1 aromatic heterocycles. The van der Waals surface area contributed by atoms with Crippen molar-refractivity contribution in [3.63, 3.8) is 0 Å². The van der Waals surface area contributed by atoms with Crippen molar-refractivity contribution in [3.8, 4) is 11.5 Å². The van der Waals surface area contributed by atoms with E-state index in [0.717, 1.165) is 10.4 Å². The number of alkyl halides is 1. The van der Waals surface area contributed by atoms with Crippen molar-refractivity contribution < 1.29 is 19.1 Å². The molecule has 0 unspecified atom stereocenters. The average Bonchev–Trinajstić information content (AvgIpc) is 3.43. The van der Waals surface area contributed by atoms with Crippen molar-refractivity contribution in [1.82, 2.24) is 9.80 Å². The average molecular weight is 463 g/mol. The van der Waals surface area contributed by atoms with E-state index in [-0.39, 0.29) is 37.6 Å². The van der Waals surface area contributed by atoms with Gasteiger partial charge in [-0.2, -0.15) is 0 Å². The summed E-state index contributed by atoms with van der Waals surface area (Å²) in [6.45, 7) is 8.57. The SMILES string of the molecule is C=CCN(CC(=O)N(Cc1ccc2c(c1)OCO2)Cc1cccs1)C(=O)C(C)(C)CCl. The highest BCUT2D eigenvalue weighted by Crippen LogP contribution is 2.33. The molecule has 1 aliphatic rings. The molecule has 0 N–H and O–H groups in total. The molecule has 166 valence electrons. The number of ether oxygens (including phenoxy) is 2. The molecule has 0 atom stereocenters. The van der Waals surface area contributed by atoms with Gasteiger partial charge in [-0.25, -0.2) is 0 Å². The van der Waals surface area contributed by atoms with Crippen LogP contribution >= 0.6 is 22.9 Å². The highest BCUT2D eigenvalue weighted by molar-refractivity contribution is 7.09. The Morgan fingerprint density at radius 2 is 1.97 bits per heavy atom. The van der Waals surface area contributed by atoms with Crippen LogP contribution in [0.15, 0.2) is 48.4 Å². The lowest BCUT2D eigenvalue weighted by Gasteiger charge is -2.31. The van der Waals surface area contributed by atoms with Crippen LogP contribution in [-0.2, 0) is 22.7 Å². The number of benzene rings is 1.